The van der Waals surface area contributed by atoms with Crippen molar-refractivity contribution in [2.45, 2.75) is 20.8 Å². The van der Waals surface area contributed by atoms with Gasteiger partial charge in [0, 0.05) is 21.4 Å². The number of fused-ring (bicyclic) bond motifs is 1. The molecule has 5 rings (SSSR count). The molecule has 0 aliphatic rings. The fraction of sp³-hybridized carbons (Fsp3) is 0.143. The van der Waals surface area contributed by atoms with Gasteiger partial charge in [-0.25, -0.2) is 9.98 Å². The van der Waals surface area contributed by atoms with E-state index >= 15 is 0 Å². The van der Waals surface area contributed by atoms with Gasteiger partial charge in [-0.2, -0.15) is 0 Å². The largest absolute Gasteiger partial charge is 0.490 e. The molecule has 0 aliphatic carbocycles. The van der Waals surface area contributed by atoms with Crippen LogP contribution in [0.5, 0.6) is 5.75 Å². The summed E-state index contributed by atoms with van der Waals surface area (Å²) in [5, 5.41) is 4.51. The summed E-state index contributed by atoms with van der Waals surface area (Å²) < 4.78 is 12.2. The van der Waals surface area contributed by atoms with E-state index in [1.807, 2.05) is 60.8 Å². The molecular weight excluding hydrogens is 464 g/mol. The van der Waals surface area contributed by atoms with E-state index in [0.29, 0.717) is 28.5 Å². The standard InChI is InChI=1S/C28H23ClN2O2S/c1-4-32-25-7-5-6-20-15-23(28-31-24(16-34-28)19-9-11-21(29)12-10-19)27(33-26(20)25)30-22-13-8-17(2)18(3)14-22/h5-16H,4H2,1-3H3. The third-order valence-corrected chi connectivity index (χ3v) is 6.76. The maximum absolute atomic E-state index is 6.39. The quantitative estimate of drug-likeness (QED) is 0.252. The summed E-state index contributed by atoms with van der Waals surface area (Å²) in [6.07, 6.45) is 0. The second kappa shape index (κ2) is 9.45. The lowest BCUT2D eigenvalue weighted by molar-refractivity contribution is 0.337. The van der Waals surface area contributed by atoms with Gasteiger partial charge < -0.3 is 9.15 Å². The normalized spacial score (nSPS) is 11.8. The molecule has 4 nitrogen and oxygen atoms in total. The number of benzene rings is 3. The molecule has 0 radical (unpaired) electrons. The predicted octanol–water partition coefficient (Wildman–Crippen LogP) is 8.12. The summed E-state index contributed by atoms with van der Waals surface area (Å²) in [5.41, 5.74) is 7.14. The monoisotopic (exact) mass is 486 g/mol. The minimum atomic E-state index is 0.500. The number of aryl methyl sites for hydroxylation is 2. The number of thiazole rings is 1. The van der Waals surface area contributed by atoms with Gasteiger partial charge in [-0.1, -0.05) is 41.9 Å². The van der Waals surface area contributed by atoms with Gasteiger partial charge >= 0.3 is 0 Å². The first-order chi connectivity index (χ1) is 16.5. The zero-order chi connectivity index (χ0) is 23.7. The van der Waals surface area contributed by atoms with Crippen LogP contribution in [0.1, 0.15) is 18.1 Å². The molecule has 2 aromatic heterocycles. The topological polar surface area (TPSA) is 47.6 Å². The first-order valence-electron chi connectivity index (χ1n) is 11.1. The number of hydrogen-bond donors (Lipinski definition) is 0. The summed E-state index contributed by atoms with van der Waals surface area (Å²) in [6, 6.07) is 21.8. The lowest BCUT2D eigenvalue weighted by atomic mass is 10.1. The van der Waals surface area contributed by atoms with Gasteiger partial charge in [-0.15, -0.1) is 11.3 Å². The summed E-state index contributed by atoms with van der Waals surface area (Å²) in [6.45, 7) is 6.69. The minimum absolute atomic E-state index is 0.500. The number of nitrogens with zero attached hydrogens (tertiary/aromatic N) is 2. The van der Waals surface area contributed by atoms with Crippen molar-refractivity contribution < 1.29 is 9.15 Å². The summed E-state index contributed by atoms with van der Waals surface area (Å²) in [4.78, 5) is 9.80. The molecule has 0 saturated heterocycles. The van der Waals surface area contributed by atoms with Gasteiger partial charge in [0.25, 0.3) is 0 Å². The SMILES string of the molecule is CCOc1cccc2cc(-c3nc(-c4ccc(Cl)cc4)cs3)c(=Nc3ccc(C)c(C)c3)oc12. The number of ether oxygens (including phenoxy) is 1. The molecule has 0 bridgehead atoms. The average Bonchev–Trinajstić information content (AvgIpc) is 3.32. The lowest BCUT2D eigenvalue weighted by Gasteiger charge is -2.08. The average molecular weight is 487 g/mol. The van der Waals surface area contributed by atoms with E-state index < -0.39 is 0 Å². The van der Waals surface area contributed by atoms with Crippen LogP contribution in [0.15, 0.2) is 81.5 Å². The van der Waals surface area contributed by atoms with Gasteiger partial charge in [0.2, 0.25) is 5.55 Å². The molecule has 0 saturated carbocycles. The van der Waals surface area contributed by atoms with Gasteiger partial charge in [0.05, 0.1) is 23.6 Å². The van der Waals surface area contributed by atoms with Crippen LogP contribution in [0.3, 0.4) is 0 Å². The zero-order valence-corrected chi connectivity index (χ0v) is 20.7. The van der Waals surface area contributed by atoms with Crippen LogP contribution in [0, 0.1) is 13.8 Å². The maximum atomic E-state index is 6.39. The third kappa shape index (κ3) is 4.49. The van der Waals surface area contributed by atoms with Crippen molar-refractivity contribution in [3.05, 3.63) is 93.8 Å². The van der Waals surface area contributed by atoms with E-state index in [0.717, 1.165) is 32.9 Å². The van der Waals surface area contributed by atoms with Crippen molar-refractivity contribution >= 4 is 39.6 Å². The van der Waals surface area contributed by atoms with Crippen molar-refractivity contribution in [3.8, 4) is 27.6 Å². The summed E-state index contributed by atoms with van der Waals surface area (Å²) in [5.74, 6) is 0.698. The van der Waals surface area contributed by atoms with Crippen LogP contribution < -0.4 is 10.3 Å². The molecule has 34 heavy (non-hydrogen) atoms. The van der Waals surface area contributed by atoms with Crippen LogP contribution in [-0.4, -0.2) is 11.6 Å². The molecule has 0 spiro atoms. The van der Waals surface area contributed by atoms with Crippen LogP contribution in [0.2, 0.25) is 5.02 Å². The minimum Gasteiger partial charge on any atom is -0.490 e. The first-order valence-corrected chi connectivity index (χ1v) is 12.3. The molecule has 0 amide bonds. The molecule has 0 atom stereocenters. The van der Waals surface area contributed by atoms with Crippen LogP contribution in [0.4, 0.5) is 5.69 Å². The number of hydrogen-bond acceptors (Lipinski definition) is 5. The molecule has 6 heteroatoms. The Morgan fingerprint density at radius 2 is 1.82 bits per heavy atom. The molecule has 3 aromatic carbocycles. The molecular formula is C28H23ClN2O2S. The summed E-state index contributed by atoms with van der Waals surface area (Å²) in [7, 11) is 0. The second-order valence-corrected chi connectivity index (χ2v) is 9.29. The third-order valence-electron chi connectivity index (χ3n) is 5.63. The van der Waals surface area contributed by atoms with Crippen molar-refractivity contribution in [2.75, 3.05) is 6.61 Å². The Balaban J connectivity index is 1.71. The molecule has 0 aliphatic heterocycles. The van der Waals surface area contributed by atoms with Crippen molar-refractivity contribution in [1.29, 1.82) is 0 Å². The summed E-state index contributed by atoms with van der Waals surface area (Å²) >= 11 is 7.62. The molecule has 0 fully saturated rings. The van der Waals surface area contributed by atoms with E-state index in [-0.39, 0.29) is 0 Å². The highest BCUT2D eigenvalue weighted by Crippen LogP contribution is 2.32. The highest BCUT2D eigenvalue weighted by atomic mass is 35.5. The van der Waals surface area contributed by atoms with Crippen LogP contribution >= 0.6 is 22.9 Å². The van der Waals surface area contributed by atoms with Crippen molar-refractivity contribution in [1.82, 2.24) is 4.98 Å². The fourth-order valence-corrected chi connectivity index (χ4v) is 4.66. The highest BCUT2D eigenvalue weighted by molar-refractivity contribution is 7.13. The number of aromatic nitrogens is 1. The van der Waals surface area contributed by atoms with Crippen molar-refractivity contribution in [2.24, 2.45) is 4.99 Å². The Labute approximate surface area is 207 Å². The molecule has 5 aromatic rings. The number of para-hydroxylation sites is 1. The van der Waals surface area contributed by atoms with Gasteiger partial charge in [0.1, 0.15) is 5.01 Å². The zero-order valence-electron chi connectivity index (χ0n) is 19.1. The fourth-order valence-electron chi connectivity index (χ4n) is 3.69. The van der Waals surface area contributed by atoms with E-state index in [1.54, 1.807) is 11.3 Å². The Hall–Kier alpha value is -3.41. The molecule has 2 heterocycles. The van der Waals surface area contributed by atoms with Crippen LogP contribution in [0.25, 0.3) is 32.8 Å². The Bertz CT molecular complexity index is 1550. The van der Waals surface area contributed by atoms with E-state index in [9.17, 15) is 0 Å². The number of halogens is 1. The maximum Gasteiger partial charge on any atom is 0.230 e. The lowest BCUT2D eigenvalue weighted by Crippen LogP contribution is -2.06. The predicted molar refractivity (Wildman–Crippen MR) is 140 cm³/mol. The Morgan fingerprint density at radius 1 is 1.00 bits per heavy atom. The van der Waals surface area contributed by atoms with E-state index in [2.05, 4.69) is 32.0 Å². The van der Waals surface area contributed by atoms with Crippen LogP contribution in [-0.2, 0) is 0 Å². The van der Waals surface area contributed by atoms with Gasteiger partial charge in [-0.05, 0) is 68.3 Å². The molecule has 170 valence electrons. The van der Waals surface area contributed by atoms with Crippen molar-refractivity contribution in [3.63, 3.8) is 0 Å². The molecule has 0 unspecified atom stereocenters. The first kappa shape index (κ1) is 22.4. The highest BCUT2D eigenvalue weighted by Gasteiger charge is 2.14. The Morgan fingerprint density at radius 3 is 2.59 bits per heavy atom. The van der Waals surface area contributed by atoms with E-state index in [1.165, 1.54) is 11.1 Å². The van der Waals surface area contributed by atoms with E-state index in [4.69, 9.17) is 30.7 Å². The second-order valence-electron chi connectivity index (χ2n) is 8.00. The molecule has 0 N–H and O–H groups in total. The van der Waals surface area contributed by atoms with Gasteiger partial charge in [0.15, 0.2) is 11.3 Å². The van der Waals surface area contributed by atoms with Gasteiger partial charge in [-0.3, -0.25) is 0 Å². The smallest absolute Gasteiger partial charge is 0.230 e. The number of rotatable bonds is 5. The Kier molecular flexibility index (Phi) is 6.22.